The van der Waals surface area contributed by atoms with Crippen LogP contribution in [-0.2, 0) is 52.3 Å². The number of aldehydes is 1. The first-order chi connectivity index (χ1) is 25.6. The van der Waals surface area contributed by atoms with Crippen LogP contribution in [0.3, 0.4) is 0 Å². The number of Topliss-reactive ketones (excluding diaryl/α,β-unsaturated/α-hetero) is 1. The van der Waals surface area contributed by atoms with Crippen molar-refractivity contribution in [3.05, 3.63) is 0 Å². The van der Waals surface area contributed by atoms with E-state index in [4.69, 9.17) is 37.9 Å². The van der Waals surface area contributed by atoms with Gasteiger partial charge in [-0.25, -0.2) is 0 Å². The highest BCUT2D eigenvalue weighted by atomic mass is 16.7. The smallest absolute Gasteiger partial charge is 0.308 e. The summed E-state index contributed by atoms with van der Waals surface area (Å²) in [7, 11) is 8.52. The number of ketones is 1. The van der Waals surface area contributed by atoms with Gasteiger partial charge in [0.15, 0.2) is 12.6 Å². The molecule has 0 radical (unpaired) electrons. The highest BCUT2D eigenvalue weighted by Gasteiger charge is 2.47. The van der Waals surface area contributed by atoms with E-state index in [1.807, 2.05) is 46.7 Å². The van der Waals surface area contributed by atoms with E-state index in [9.17, 15) is 24.6 Å². The van der Waals surface area contributed by atoms with Crippen LogP contribution in [0.1, 0.15) is 92.9 Å². The zero-order valence-electron chi connectivity index (χ0n) is 34.6. The fourth-order valence-electron chi connectivity index (χ4n) is 8.62. The molecular formula is C40H71NO13. The number of aliphatic hydroxyl groups is 2. The van der Waals surface area contributed by atoms with E-state index in [0.29, 0.717) is 38.5 Å². The standard InChI is InChI=1S/C40H71NO13/c1-12-32-28(21-50-40-38(49-11)37(48-10)36(47-9)26(6)52-40)17-22(2)13-14-30(43)23(3)18-27(15-16-42)35(25(5)31(44)20-33(45)53-32)54-39-34(46)29(41(7)8)19-24(4)51-39/h16,22-29,31-32,34-40,44,46H,12-15,17-21H2,1-11H3/t22?,23-,24-,25+,26-,27+,28-,29+,31-,32-,34-,35-,36-,37-,38-,39+,40-/m1/s1. The number of ether oxygens (including phenoxy) is 8. The summed E-state index contributed by atoms with van der Waals surface area (Å²) in [6.45, 7) is 11.6. The summed E-state index contributed by atoms with van der Waals surface area (Å²) >= 11 is 0. The highest BCUT2D eigenvalue weighted by molar-refractivity contribution is 5.80. The van der Waals surface area contributed by atoms with Crippen LogP contribution < -0.4 is 0 Å². The van der Waals surface area contributed by atoms with Crippen LogP contribution in [0, 0.1) is 29.6 Å². The Bertz CT molecular complexity index is 1140. The molecule has 3 fully saturated rings. The van der Waals surface area contributed by atoms with E-state index in [1.54, 1.807) is 28.3 Å². The topological polar surface area (TPSA) is 169 Å². The van der Waals surface area contributed by atoms with Gasteiger partial charge in [-0.05, 0) is 71.9 Å². The van der Waals surface area contributed by atoms with E-state index in [1.165, 1.54) is 0 Å². The Labute approximate surface area is 323 Å². The molecule has 14 heteroatoms. The number of aliphatic hydroxyl groups excluding tert-OH is 2. The van der Waals surface area contributed by atoms with Gasteiger partial charge in [-0.1, -0.05) is 27.7 Å². The number of likely N-dealkylation sites (N-methyl/N-ethyl adjacent to an activating group) is 1. The van der Waals surface area contributed by atoms with E-state index < -0.39 is 72.9 Å². The number of hydrogen-bond acceptors (Lipinski definition) is 14. The molecule has 0 saturated carbocycles. The minimum absolute atomic E-state index is 0.0694. The maximum atomic E-state index is 13.7. The minimum Gasteiger partial charge on any atom is -0.462 e. The van der Waals surface area contributed by atoms with Gasteiger partial charge in [-0.2, -0.15) is 0 Å². The second-order valence-corrected chi connectivity index (χ2v) is 16.3. The first-order valence-corrected chi connectivity index (χ1v) is 19.9. The van der Waals surface area contributed by atoms with Gasteiger partial charge in [0, 0.05) is 58.0 Å². The maximum absolute atomic E-state index is 13.7. The van der Waals surface area contributed by atoms with Crippen LogP contribution in [0.4, 0.5) is 0 Å². The molecule has 3 aliphatic rings. The molecule has 17 atom stereocenters. The number of nitrogens with zero attached hydrogens (tertiary/aromatic N) is 1. The van der Waals surface area contributed by atoms with Gasteiger partial charge in [0.25, 0.3) is 0 Å². The van der Waals surface area contributed by atoms with Crippen molar-refractivity contribution >= 4 is 18.0 Å². The molecule has 3 heterocycles. The summed E-state index contributed by atoms with van der Waals surface area (Å²) < 4.78 is 48.5. The summed E-state index contributed by atoms with van der Waals surface area (Å²) in [6.07, 6.45) is -3.84. The van der Waals surface area contributed by atoms with Crippen molar-refractivity contribution < 1.29 is 62.5 Å². The monoisotopic (exact) mass is 773 g/mol. The lowest BCUT2D eigenvalue weighted by atomic mass is 9.79. The summed E-state index contributed by atoms with van der Waals surface area (Å²) in [5, 5.41) is 22.9. The van der Waals surface area contributed by atoms with Crippen molar-refractivity contribution in [1.82, 2.24) is 4.90 Å². The molecule has 2 N–H and O–H groups in total. The third-order valence-electron chi connectivity index (χ3n) is 12.0. The Morgan fingerprint density at radius 1 is 0.852 bits per heavy atom. The summed E-state index contributed by atoms with van der Waals surface area (Å²) in [6, 6.07) is -0.243. The van der Waals surface area contributed by atoms with Gasteiger partial charge in [0.1, 0.15) is 42.6 Å². The first-order valence-electron chi connectivity index (χ1n) is 19.9. The zero-order chi connectivity index (χ0) is 40.3. The molecule has 0 spiro atoms. The Morgan fingerprint density at radius 2 is 1.52 bits per heavy atom. The third kappa shape index (κ3) is 12.5. The van der Waals surface area contributed by atoms with Crippen molar-refractivity contribution in [1.29, 1.82) is 0 Å². The number of carbonyl (C=O) groups is 3. The third-order valence-corrected chi connectivity index (χ3v) is 12.0. The van der Waals surface area contributed by atoms with E-state index in [2.05, 4.69) is 6.92 Å². The van der Waals surface area contributed by atoms with Crippen LogP contribution in [0.2, 0.25) is 0 Å². The summed E-state index contributed by atoms with van der Waals surface area (Å²) in [4.78, 5) is 41.3. The second kappa shape index (κ2) is 22.4. The van der Waals surface area contributed by atoms with Crippen molar-refractivity contribution in [2.75, 3.05) is 42.0 Å². The number of carbonyl (C=O) groups excluding carboxylic acids is 3. The summed E-state index contributed by atoms with van der Waals surface area (Å²) in [5.74, 6) is -2.26. The van der Waals surface area contributed by atoms with E-state index in [-0.39, 0.29) is 61.4 Å². The molecule has 0 aromatic carbocycles. The largest absolute Gasteiger partial charge is 0.462 e. The Hall–Kier alpha value is -1.59. The van der Waals surface area contributed by atoms with Crippen molar-refractivity contribution in [2.45, 2.75) is 166 Å². The number of methoxy groups -OCH3 is 3. The van der Waals surface area contributed by atoms with Crippen LogP contribution in [0.15, 0.2) is 0 Å². The molecule has 3 aliphatic heterocycles. The fourth-order valence-corrected chi connectivity index (χ4v) is 8.62. The molecule has 3 rings (SSSR count). The Balaban J connectivity index is 1.90. The molecule has 3 saturated heterocycles. The average Bonchev–Trinajstić information content (AvgIpc) is 3.13. The predicted molar refractivity (Wildman–Crippen MR) is 199 cm³/mol. The number of esters is 1. The molecule has 0 aromatic rings. The zero-order valence-corrected chi connectivity index (χ0v) is 34.6. The number of hydrogen-bond donors (Lipinski definition) is 2. The molecule has 1 unspecified atom stereocenters. The van der Waals surface area contributed by atoms with Gasteiger partial charge in [-0.15, -0.1) is 0 Å². The Kier molecular flexibility index (Phi) is 19.4. The van der Waals surface area contributed by atoms with Gasteiger partial charge in [-0.3, -0.25) is 9.59 Å². The van der Waals surface area contributed by atoms with Gasteiger partial charge in [0.05, 0.1) is 37.4 Å². The normalized spacial score (nSPS) is 42.4. The van der Waals surface area contributed by atoms with Gasteiger partial charge >= 0.3 is 5.97 Å². The second-order valence-electron chi connectivity index (χ2n) is 16.3. The number of rotatable bonds is 12. The molecule has 14 nitrogen and oxygen atoms in total. The predicted octanol–water partition coefficient (Wildman–Crippen LogP) is 3.55. The maximum Gasteiger partial charge on any atom is 0.308 e. The fraction of sp³-hybridized carbons (Fsp3) is 0.925. The van der Waals surface area contributed by atoms with Gasteiger partial charge in [0.2, 0.25) is 0 Å². The van der Waals surface area contributed by atoms with Crippen molar-refractivity contribution in [2.24, 2.45) is 29.6 Å². The van der Waals surface area contributed by atoms with Crippen molar-refractivity contribution in [3.8, 4) is 0 Å². The lowest BCUT2D eigenvalue weighted by Gasteiger charge is -2.44. The minimum atomic E-state index is -1.22. The van der Waals surface area contributed by atoms with E-state index >= 15 is 0 Å². The lowest BCUT2D eigenvalue weighted by molar-refractivity contribution is -0.308. The molecule has 314 valence electrons. The quantitative estimate of drug-likeness (QED) is 0.218. The molecule has 54 heavy (non-hydrogen) atoms. The average molecular weight is 774 g/mol. The van der Waals surface area contributed by atoms with Crippen LogP contribution in [-0.4, -0.2) is 149 Å². The number of cyclic esters (lactones) is 1. The van der Waals surface area contributed by atoms with Crippen LogP contribution >= 0.6 is 0 Å². The summed E-state index contributed by atoms with van der Waals surface area (Å²) in [5.41, 5.74) is 0. The van der Waals surface area contributed by atoms with Crippen LogP contribution in [0.5, 0.6) is 0 Å². The molecule has 0 amide bonds. The SMILES string of the molecule is CC[C@H]1OC(=O)C[C@@H](O)[C@H](C)[C@@H](O[C@@H]2O[C@H](C)C[C@H](N(C)C)[C@H]2O)[C@@H](CC=O)C[C@@H](C)C(=O)CCC(C)C[C@@H]1CO[C@@H]1O[C@H](C)[C@@H](OC)[C@@H](OC)[C@H]1OC. The van der Waals surface area contributed by atoms with Gasteiger partial charge < -0.3 is 57.8 Å². The Morgan fingerprint density at radius 3 is 2.11 bits per heavy atom. The molecule has 0 aromatic heterocycles. The molecular weight excluding hydrogens is 702 g/mol. The molecule has 0 aliphatic carbocycles. The van der Waals surface area contributed by atoms with Crippen LogP contribution in [0.25, 0.3) is 0 Å². The molecule has 0 bridgehead atoms. The first kappa shape index (κ1) is 46.8. The highest BCUT2D eigenvalue weighted by Crippen LogP contribution is 2.35. The lowest BCUT2D eigenvalue weighted by Crippen LogP contribution is -2.59. The van der Waals surface area contributed by atoms with E-state index in [0.717, 1.165) is 6.29 Å². The van der Waals surface area contributed by atoms with Crippen molar-refractivity contribution in [3.63, 3.8) is 0 Å².